The van der Waals surface area contributed by atoms with Gasteiger partial charge in [0.1, 0.15) is 15.7 Å². The van der Waals surface area contributed by atoms with Crippen LogP contribution in [-0.2, 0) is 0 Å². The summed E-state index contributed by atoms with van der Waals surface area (Å²) in [5, 5.41) is 0. The molecule has 1 aromatic carbocycles. The van der Waals surface area contributed by atoms with Crippen LogP contribution in [0.3, 0.4) is 0 Å². The maximum absolute atomic E-state index is 5.43. The summed E-state index contributed by atoms with van der Waals surface area (Å²) in [7, 11) is 10.9. The highest BCUT2D eigenvalue weighted by molar-refractivity contribution is 7.80. The van der Waals surface area contributed by atoms with Gasteiger partial charge in [-0.3, -0.25) is 0 Å². The number of benzene rings is 1. The summed E-state index contributed by atoms with van der Waals surface area (Å²) in [6.45, 7) is 0. The van der Waals surface area contributed by atoms with Crippen LogP contribution in [0, 0.1) is 0 Å². The molecule has 1 rings (SSSR count). The van der Waals surface area contributed by atoms with Crippen molar-refractivity contribution >= 4 is 39.2 Å². The predicted octanol–water partition coefficient (Wildman–Crippen LogP) is -0.437. The molecule has 3 heteroatoms. The maximum Gasteiger partial charge on any atom is 0.113 e. The third kappa shape index (κ3) is 1.83. The number of thiol groups is 1. The zero-order valence-corrected chi connectivity index (χ0v) is 5.73. The first-order valence-corrected chi connectivity index (χ1v) is 2.98. The molecule has 0 atom stereocenters. The Kier molecular flexibility index (Phi) is 1.91. The second kappa shape index (κ2) is 2.52. The summed E-state index contributed by atoms with van der Waals surface area (Å²) in [4.78, 5) is 0.799. The second-order valence-corrected chi connectivity index (χ2v) is 2.37. The van der Waals surface area contributed by atoms with Gasteiger partial charge >= 0.3 is 0 Å². The first kappa shape index (κ1) is 6.81. The van der Waals surface area contributed by atoms with E-state index in [-0.39, 0.29) is 0 Å². The number of rotatable bonds is 0. The summed E-state index contributed by atoms with van der Waals surface area (Å²) in [6.07, 6.45) is 0. The van der Waals surface area contributed by atoms with Gasteiger partial charge in [0.05, 0.1) is 0 Å². The first-order chi connectivity index (χ1) is 4.18. The average molecular weight is 130 g/mol. The molecule has 0 aliphatic carbocycles. The quantitative estimate of drug-likeness (QED) is 0.357. The Hall–Kier alpha value is -0.300. The minimum atomic E-state index is 0.653. The fourth-order valence-corrected chi connectivity index (χ4v) is 0.957. The summed E-state index contributed by atoms with van der Waals surface area (Å²) >= 11 is 4.06. The van der Waals surface area contributed by atoms with Crippen LogP contribution in [0.15, 0.2) is 23.1 Å². The molecule has 0 unspecified atom stereocenters. The molecule has 0 heterocycles. The molecule has 1 aromatic rings. The first-order valence-electron chi connectivity index (χ1n) is 2.53. The van der Waals surface area contributed by atoms with Crippen molar-refractivity contribution in [3.63, 3.8) is 0 Å². The van der Waals surface area contributed by atoms with Crippen LogP contribution in [0.25, 0.3) is 0 Å². The molecule has 0 bridgehead atoms. The topological polar surface area (TPSA) is 0 Å². The zero-order chi connectivity index (χ0) is 6.85. The van der Waals surface area contributed by atoms with Crippen LogP contribution in [0.4, 0.5) is 0 Å². The van der Waals surface area contributed by atoms with E-state index in [0.29, 0.717) is 10.9 Å². The summed E-state index contributed by atoms with van der Waals surface area (Å²) in [5.74, 6) is 0. The highest BCUT2D eigenvalue weighted by atomic mass is 32.1. The molecule has 4 radical (unpaired) electrons. The molecule has 0 spiro atoms. The molecule has 0 aliphatic heterocycles. The van der Waals surface area contributed by atoms with Crippen molar-refractivity contribution in [2.45, 2.75) is 4.90 Å². The SMILES string of the molecule is [B]c1cc([B])cc(S)c1. The fourth-order valence-electron chi connectivity index (χ4n) is 0.659. The van der Waals surface area contributed by atoms with Crippen molar-refractivity contribution in [3.05, 3.63) is 18.2 Å². The van der Waals surface area contributed by atoms with Crippen LogP contribution in [0.2, 0.25) is 0 Å². The van der Waals surface area contributed by atoms with Crippen LogP contribution in [0.5, 0.6) is 0 Å². The van der Waals surface area contributed by atoms with Gasteiger partial charge in [0.15, 0.2) is 0 Å². The molecule has 0 saturated heterocycles. The van der Waals surface area contributed by atoms with Crippen molar-refractivity contribution in [2.24, 2.45) is 0 Å². The third-order valence-corrected chi connectivity index (χ3v) is 1.22. The number of hydrogen-bond acceptors (Lipinski definition) is 1. The van der Waals surface area contributed by atoms with E-state index in [2.05, 4.69) is 12.6 Å². The molecular weight excluding hydrogens is 126 g/mol. The van der Waals surface area contributed by atoms with Crippen molar-refractivity contribution in [3.8, 4) is 0 Å². The highest BCUT2D eigenvalue weighted by Crippen LogP contribution is 1.97. The van der Waals surface area contributed by atoms with Gasteiger partial charge in [0, 0.05) is 4.90 Å². The summed E-state index contributed by atoms with van der Waals surface area (Å²) in [5.41, 5.74) is 1.31. The van der Waals surface area contributed by atoms with Gasteiger partial charge in [-0.1, -0.05) is 29.1 Å². The van der Waals surface area contributed by atoms with Gasteiger partial charge in [-0.15, -0.1) is 12.6 Å². The lowest BCUT2D eigenvalue weighted by Gasteiger charge is -1.97. The lowest BCUT2D eigenvalue weighted by molar-refractivity contribution is 1.54. The van der Waals surface area contributed by atoms with Crippen LogP contribution in [0.1, 0.15) is 0 Å². The Bertz CT molecular complexity index is 172. The maximum atomic E-state index is 5.43. The molecule has 9 heavy (non-hydrogen) atoms. The van der Waals surface area contributed by atoms with Crippen molar-refractivity contribution in [1.29, 1.82) is 0 Å². The van der Waals surface area contributed by atoms with E-state index >= 15 is 0 Å². The van der Waals surface area contributed by atoms with Crippen molar-refractivity contribution < 1.29 is 0 Å². The van der Waals surface area contributed by atoms with E-state index in [4.69, 9.17) is 15.7 Å². The molecule has 40 valence electrons. The monoisotopic (exact) mass is 130 g/mol. The average Bonchev–Trinajstić information content (AvgIpc) is 1.59. The van der Waals surface area contributed by atoms with Gasteiger partial charge in [0.2, 0.25) is 0 Å². The van der Waals surface area contributed by atoms with Crippen LogP contribution >= 0.6 is 12.6 Å². The minimum absolute atomic E-state index is 0.653. The zero-order valence-electron chi connectivity index (χ0n) is 4.83. The Balaban J connectivity index is 3.17. The number of hydrogen-bond donors (Lipinski definition) is 1. The van der Waals surface area contributed by atoms with E-state index in [0.717, 1.165) is 4.90 Å². The van der Waals surface area contributed by atoms with Crippen molar-refractivity contribution in [2.75, 3.05) is 0 Å². The van der Waals surface area contributed by atoms with Crippen LogP contribution in [-0.4, -0.2) is 15.7 Å². The van der Waals surface area contributed by atoms with Crippen molar-refractivity contribution in [1.82, 2.24) is 0 Å². The largest absolute Gasteiger partial charge is 0.143 e. The standard InChI is InChI=1S/C6H4B2S/c7-4-1-5(8)3-6(9)2-4/h1-3,9H. The smallest absolute Gasteiger partial charge is 0.113 e. The third-order valence-electron chi connectivity index (χ3n) is 0.962. The summed E-state index contributed by atoms with van der Waals surface area (Å²) < 4.78 is 0. The molecule has 0 N–H and O–H groups in total. The van der Waals surface area contributed by atoms with Gasteiger partial charge in [-0.2, -0.15) is 0 Å². The molecule has 0 fully saturated rings. The minimum Gasteiger partial charge on any atom is -0.143 e. The van der Waals surface area contributed by atoms with Gasteiger partial charge in [-0.25, -0.2) is 0 Å². The molecular formula is C6H4B2S. The second-order valence-electron chi connectivity index (χ2n) is 1.86. The molecule has 0 aliphatic rings. The van der Waals surface area contributed by atoms with E-state index in [9.17, 15) is 0 Å². The highest BCUT2D eigenvalue weighted by Gasteiger charge is 1.87. The van der Waals surface area contributed by atoms with Gasteiger partial charge in [-0.05, 0) is 0 Å². The fraction of sp³-hybridized carbons (Fsp3) is 0. The van der Waals surface area contributed by atoms with E-state index < -0.39 is 0 Å². The van der Waals surface area contributed by atoms with Gasteiger partial charge in [0.25, 0.3) is 0 Å². The molecule has 0 amide bonds. The Labute approximate surface area is 62.9 Å². The lowest BCUT2D eigenvalue weighted by Crippen LogP contribution is -2.12. The summed E-state index contributed by atoms with van der Waals surface area (Å²) in [6, 6.07) is 5.19. The molecule has 0 saturated carbocycles. The normalized spacial score (nSPS) is 9.44. The van der Waals surface area contributed by atoms with Gasteiger partial charge < -0.3 is 0 Å². The Morgan fingerprint density at radius 2 is 1.44 bits per heavy atom. The molecule has 0 aromatic heterocycles. The van der Waals surface area contributed by atoms with Crippen LogP contribution < -0.4 is 10.9 Å². The Morgan fingerprint density at radius 1 is 1.00 bits per heavy atom. The Morgan fingerprint density at radius 3 is 1.78 bits per heavy atom. The predicted molar refractivity (Wildman–Crippen MR) is 44.5 cm³/mol. The van der Waals surface area contributed by atoms with E-state index in [1.165, 1.54) is 0 Å². The van der Waals surface area contributed by atoms with E-state index in [1.807, 2.05) is 0 Å². The molecule has 0 nitrogen and oxygen atoms in total. The van der Waals surface area contributed by atoms with E-state index in [1.54, 1.807) is 18.2 Å². The lowest BCUT2D eigenvalue weighted by atomic mass is 9.88.